The molecule has 1 amide bonds. The number of aromatic carboxylic acids is 1. The van der Waals surface area contributed by atoms with Gasteiger partial charge in [-0.05, 0) is 44.2 Å². The van der Waals surface area contributed by atoms with Crippen molar-refractivity contribution in [1.82, 2.24) is 5.32 Å². The van der Waals surface area contributed by atoms with Crippen LogP contribution in [-0.4, -0.2) is 36.1 Å². The van der Waals surface area contributed by atoms with Crippen LogP contribution in [0.1, 0.15) is 48.8 Å². The minimum atomic E-state index is -0.980. The fourth-order valence-corrected chi connectivity index (χ4v) is 3.05. The molecule has 0 radical (unpaired) electrons. The van der Waals surface area contributed by atoms with Gasteiger partial charge in [-0.2, -0.15) is 0 Å². The number of anilines is 1. The molecule has 0 aliphatic heterocycles. The van der Waals surface area contributed by atoms with Crippen LogP contribution in [0.25, 0.3) is 0 Å². The molecule has 6 heteroatoms. The highest BCUT2D eigenvalue weighted by molar-refractivity contribution is 7.12. The second-order valence-corrected chi connectivity index (χ2v) is 5.95. The SMILES string of the molecule is CCCNC(C)C(=O)N(CCC)c1c(C)csc1C(=O)O. The van der Waals surface area contributed by atoms with Crippen molar-refractivity contribution in [2.45, 2.75) is 46.6 Å². The van der Waals surface area contributed by atoms with Gasteiger partial charge in [0, 0.05) is 6.54 Å². The van der Waals surface area contributed by atoms with Crippen LogP contribution in [0.4, 0.5) is 5.69 Å². The van der Waals surface area contributed by atoms with Crippen molar-refractivity contribution < 1.29 is 14.7 Å². The highest BCUT2D eigenvalue weighted by Crippen LogP contribution is 2.32. The van der Waals surface area contributed by atoms with Gasteiger partial charge >= 0.3 is 5.97 Å². The first-order valence-electron chi connectivity index (χ1n) is 7.30. The molecule has 0 bridgehead atoms. The number of carbonyl (C=O) groups excluding carboxylic acids is 1. The van der Waals surface area contributed by atoms with Crippen molar-refractivity contribution in [2.24, 2.45) is 0 Å². The van der Waals surface area contributed by atoms with Crippen molar-refractivity contribution in [2.75, 3.05) is 18.0 Å². The monoisotopic (exact) mass is 312 g/mol. The Morgan fingerprint density at radius 3 is 2.57 bits per heavy atom. The van der Waals surface area contributed by atoms with Gasteiger partial charge in [-0.25, -0.2) is 4.79 Å². The summed E-state index contributed by atoms with van der Waals surface area (Å²) in [6.45, 7) is 8.98. The number of rotatable bonds is 8. The van der Waals surface area contributed by atoms with E-state index in [0.717, 1.165) is 24.9 Å². The maximum atomic E-state index is 12.6. The van der Waals surface area contributed by atoms with Crippen LogP contribution < -0.4 is 10.2 Å². The molecule has 1 aromatic rings. The van der Waals surface area contributed by atoms with Gasteiger partial charge in [0.2, 0.25) is 5.91 Å². The number of aryl methyl sites for hydroxylation is 1. The van der Waals surface area contributed by atoms with E-state index >= 15 is 0 Å². The summed E-state index contributed by atoms with van der Waals surface area (Å²) in [7, 11) is 0. The number of hydrogen-bond donors (Lipinski definition) is 2. The zero-order valence-electron chi connectivity index (χ0n) is 13.1. The first-order chi connectivity index (χ1) is 9.93. The Bertz CT molecular complexity index is 499. The van der Waals surface area contributed by atoms with E-state index in [1.807, 2.05) is 27.7 Å². The maximum absolute atomic E-state index is 12.6. The van der Waals surface area contributed by atoms with Crippen LogP contribution in [0.5, 0.6) is 0 Å². The first kappa shape index (κ1) is 17.7. The Hall–Kier alpha value is -1.40. The summed E-state index contributed by atoms with van der Waals surface area (Å²) in [4.78, 5) is 25.9. The smallest absolute Gasteiger partial charge is 0.348 e. The number of hydrogen-bond acceptors (Lipinski definition) is 4. The standard InChI is InChI=1S/C15H24N2O3S/c1-5-7-16-11(4)14(18)17(8-6-2)12-10(3)9-21-13(12)15(19)20/h9,11,16H,5-8H2,1-4H3,(H,19,20). The largest absolute Gasteiger partial charge is 0.477 e. The van der Waals surface area contributed by atoms with Gasteiger partial charge in [-0.15, -0.1) is 11.3 Å². The summed E-state index contributed by atoms with van der Waals surface area (Å²) in [5.41, 5.74) is 1.38. The molecule has 1 aromatic heterocycles. The lowest BCUT2D eigenvalue weighted by Crippen LogP contribution is -2.46. The quantitative estimate of drug-likeness (QED) is 0.774. The molecular weight excluding hydrogens is 288 g/mol. The summed E-state index contributed by atoms with van der Waals surface area (Å²) in [5.74, 6) is -1.06. The Morgan fingerprint density at radius 2 is 2.05 bits per heavy atom. The predicted molar refractivity (Wildman–Crippen MR) is 86.4 cm³/mol. The van der Waals surface area contributed by atoms with Gasteiger partial charge in [-0.3, -0.25) is 4.79 Å². The molecule has 2 N–H and O–H groups in total. The lowest BCUT2D eigenvalue weighted by molar-refractivity contribution is -0.120. The van der Waals surface area contributed by atoms with Crippen molar-refractivity contribution >= 4 is 28.9 Å². The van der Waals surface area contributed by atoms with Crippen LogP contribution in [0.15, 0.2) is 5.38 Å². The van der Waals surface area contributed by atoms with Crippen molar-refractivity contribution in [1.29, 1.82) is 0 Å². The number of carbonyl (C=O) groups is 2. The molecule has 0 aromatic carbocycles. The van der Waals surface area contributed by atoms with Crippen molar-refractivity contribution in [3.05, 3.63) is 15.8 Å². The van der Waals surface area contributed by atoms with Gasteiger partial charge in [0.25, 0.3) is 0 Å². The Balaban J connectivity index is 3.09. The summed E-state index contributed by atoms with van der Waals surface area (Å²) in [6.07, 6.45) is 1.73. The Kier molecular flexibility index (Phi) is 6.84. The molecule has 1 heterocycles. The normalized spacial score (nSPS) is 12.2. The minimum absolute atomic E-state index is 0.0747. The zero-order chi connectivity index (χ0) is 16.0. The van der Waals surface area contributed by atoms with E-state index in [1.54, 1.807) is 10.3 Å². The highest BCUT2D eigenvalue weighted by atomic mass is 32.1. The van der Waals surface area contributed by atoms with Gasteiger partial charge in [-0.1, -0.05) is 13.8 Å². The summed E-state index contributed by atoms with van der Waals surface area (Å²) in [5, 5.41) is 14.3. The molecule has 118 valence electrons. The number of nitrogens with zero attached hydrogens (tertiary/aromatic N) is 1. The van der Waals surface area contributed by atoms with Gasteiger partial charge in [0.1, 0.15) is 4.88 Å². The molecule has 1 atom stereocenters. The molecule has 0 aliphatic carbocycles. The predicted octanol–water partition coefficient (Wildman–Crippen LogP) is 2.89. The van der Waals surface area contributed by atoms with E-state index < -0.39 is 5.97 Å². The van der Waals surface area contributed by atoms with E-state index in [9.17, 15) is 14.7 Å². The van der Waals surface area contributed by atoms with Gasteiger partial charge in [0.15, 0.2) is 0 Å². The average Bonchev–Trinajstić information content (AvgIpc) is 2.83. The first-order valence-corrected chi connectivity index (χ1v) is 8.18. The van der Waals surface area contributed by atoms with Crippen molar-refractivity contribution in [3.8, 4) is 0 Å². The molecule has 0 aliphatic rings. The van der Waals surface area contributed by atoms with Crippen LogP contribution in [0.2, 0.25) is 0 Å². The molecule has 1 rings (SSSR count). The molecular formula is C15H24N2O3S. The molecule has 1 unspecified atom stereocenters. The molecule has 21 heavy (non-hydrogen) atoms. The molecule has 5 nitrogen and oxygen atoms in total. The topological polar surface area (TPSA) is 69.6 Å². The molecule has 0 spiro atoms. The third-order valence-electron chi connectivity index (χ3n) is 3.19. The van der Waals surface area contributed by atoms with E-state index in [4.69, 9.17) is 0 Å². The summed E-state index contributed by atoms with van der Waals surface area (Å²) in [6, 6.07) is -0.322. The zero-order valence-corrected chi connectivity index (χ0v) is 13.9. The van der Waals surface area contributed by atoms with Gasteiger partial charge < -0.3 is 15.3 Å². The number of carboxylic acids is 1. The van der Waals surface area contributed by atoms with Crippen molar-refractivity contribution in [3.63, 3.8) is 0 Å². The van der Waals surface area contributed by atoms with Crippen LogP contribution >= 0.6 is 11.3 Å². The van der Waals surface area contributed by atoms with Crippen LogP contribution in [0.3, 0.4) is 0 Å². The second-order valence-electron chi connectivity index (χ2n) is 5.07. The average molecular weight is 312 g/mol. The number of amides is 1. The minimum Gasteiger partial charge on any atom is -0.477 e. The maximum Gasteiger partial charge on any atom is 0.348 e. The Morgan fingerprint density at radius 1 is 1.38 bits per heavy atom. The van der Waals surface area contributed by atoms with E-state index in [0.29, 0.717) is 12.2 Å². The number of thiophene rings is 1. The fraction of sp³-hybridized carbons (Fsp3) is 0.600. The summed E-state index contributed by atoms with van der Waals surface area (Å²) < 4.78 is 0. The van der Waals surface area contributed by atoms with E-state index in [2.05, 4.69) is 5.32 Å². The molecule has 0 saturated heterocycles. The molecule has 0 saturated carbocycles. The third-order valence-corrected chi connectivity index (χ3v) is 4.27. The second kappa shape index (κ2) is 8.14. The van der Waals surface area contributed by atoms with E-state index in [1.165, 1.54) is 11.3 Å². The van der Waals surface area contributed by atoms with Gasteiger partial charge in [0.05, 0.1) is 11.7 Å². The van der Waals surface area contributed by atoms with Crippen LogP contribution in [-0.2, 0) is 4.79 Å². The lowest BCUT2D eigenvalue weighted by Gasteiger charge is -2.26. The number of carboxylic acid groups (broad SMARTS) is 1. The third kappa shape index (κ3) is 4.28. The Labute approximate surface area is 130 Å². The van der Waals surface area contributed by atoms with E-state index in [-0.39, 0.29) is 16.8 Å². The van der Waals surface area contributed by atoms with Crippen LogP contribution in [0, 0.1) is 6.92 Å². The summed E-state index contributed by atoms with van der Waals surface area (Å²) >= 11 is 1.17. The fourth-order valence-electron chi connectivity index (χ4n) is 2.16. The lowest BCUT2D eigenvalue weighted by atomic mass is 10.2. The molecule has 0 fully saturated rings. The number of nitrogens with one attached hydrogen (secondary N) is 1. The highest BCUT2D eigenvalue weighted by Gasteiger charge is 2.27.